The van der Waals surface area contributed by atoms with E-state index in [0.717, 1.165) is 29.8 Å². The maximum atomic E-state index is 3.63. The molecular weight excluding hydrogens is 258 g/mol. The highest BCUT2D eigenvalue weighted by Gasteiger charge is 2.36. The Morgan fingerprint density at radius 3 is 2.67 bits per heavy atom. The molecule has 0 aromatic heterocycles. The normalized spacial score (nSPS) is 42.7. The third-order valence-electron chi connectivity index (χ3n) is 6.41. The molecule has 5 atom stereocenters. The molecule has 1 saturated carbocycles. The topological polar surface area (TPSA) is 18.5 Å². The molecule has 2 aliphatic heterocycles. The minimum atomic E-state index is 0.728. The molecule has 0 spiro atoms. The van der Waals surface area contributed by atoms with Crippen molar-refractivity contribution in [3.05, 3.63) is 0 Å². The summed E-state index contributed by atoms with van der Waals surface area (Å²) in [5, 5.41) is 3.63. The van der Waals surface area contributed by atoms with Crippen molar-refractivity contribution < 1.29 is 0 Å². The van der Waals surface area contributed by atoms with Crippen LogP contribution in [0.25, 0.3) is 0 Å². The summed E-state index contributed by atoms with van der Waals surface area (Å²) in [5.74, 6) is 2.61. The van der Waals surface area contributed by atoms with E-state index >= 15 is 0 Å². The van der Waals surface area contributed by atoms with Crippen LogP contribution in [0.15, 0.2) is 0 Å². The fourth-order valence-corrected chi connectivity index (χ4v) is 5.30. The van der Waals surface area contributed by atoms with Crippen molar-refractivity contribution >= 4 is 0 Å². The quantitative estimate of drug-likeness (QED) is 0.862. The fraction of sp³-hybridized carbons (Fsp3) is 1.00. The van der Waals surface area contributed by atoms with Gasteiger partial charge in [-0.15, -0.1) is 0 Å². The second-order valence-corrected chi connectivity index (χ2v) is 8.06. The lowest BCUT2D eigenvalue weighted by Gasteiger charge is -2.42. The first-order valence-electron chi connectivity index (χ1n) is 9.31. The predicted octanol–water partition coefficient (Wildman–Crippen LogP) is 2.43. The van der Waals surface area contributed by atoms with E-state index < -0.39 is 0 Å². The highest BCUT2D eigenvalue weighted by atomic mass is 15.3. The van der Waals surface area contributed by atoms with Crippen LogP contribution in [0.5, 0.6) is 0 Å². The Kier molecular flexibility index (Phi) is 5.23. The molecule has 3 aliphatic rings. The largest absolute Gasteiger partial charge is 0.317 e. The van der Waals surface area contributed by atoms with Crippen molar-refractivity contribution in [2.24, 2.45) is 17.8 Å². The maximum Gasteiger partial charge on any atom is 0.0223 e. The molecule has 21 heavy (non-hydrogen) atoms. The van der Waals surface area contributed by atoms with Crippen LogP contribution in [0.4, 0.5) is 0 Å². The fourth-order valence-electron chi connectivity index (χ4n) is 5.30. The van der Waals surface area contributed by atoms with E-state index in [1.165, 1.54) is 64.8 Å². The van der Waals surface area contributed by atoms with Crippen LogP contribution in [0, 0.1) is 17.8 Å². The van der Waals surface area contributed by atoms with Gasteiger partial charge >= 0.3 is 0 Å². The van der Waals surface area contributed by atoms with E-state index in [0.29, 0.717) is 0 Å². The van der Waals surface area contributed by atoms with Gasteiger partial charge in [0.05, 0.1) is 0 Å². The summed E-state index contributed by atoms with van der Waals surface area (Å²) in [6.45, 7) is 11.6. The van der Waals surface area contributed by atoms with Crippen molar-refractivity contribution in [2.75, 3.05) is 39.8 Å². The molecule has 2 saturated heterocycles. The van der Waals surface area contributed by atoms with E-state index in [1.807, 2.05) is 0 Å². The smallest absolute Gasteiger partial charge is 0.0223 e. The summed E-state index contributed by atoms with van der Waals surface area (Å²) in [5.41, 5.74) is 0. The van der Waals surface area contributed by atoms with E-state index in [9.17, 15) is 0 Å². The van der Waals surface area contributed by atoms with E-state index in [2.05, 4.69) is 36.0 Å². The van der Waals surface area contributed by atoms with E-state index in [4.69, 9.17) is 0 Å². The van der Waals surface area contributed by atoms with Gasteiger partial charge in [-0.2, -0.15) is 0 Å². The van der Waals surface area contributed by atoms with Crippen LogP contribution in [-0.4, -0.2) is 61.7 Å². The summed E-state index contributed by atoms with van der Waals surface area (Å²) < 4.78 is 0. The van der Waals surface area contributed by atoms with Crippen molar-refractivity contribution in [2.45, 2.75) is 58.0 Å². The first-order chi connectivity index (χ1) is 10.2. The van der Waals surface area contributed by atoms with Gasteiger partial charge in [-0.1, -0.05) is 13.8 Å². The molecule has 0 aromatic carbocycles. The van der Waals surface area contributed by atoms with Crippen molar-refractivity contribution in [3.8, 4) is 0 Å². The third-order valence-corrected chi connectivity index (χ3v) is 6.41. The van der Waals surface area contributed by atoms with Gasteiger partial charge in [0.15, 0.2) is 0 Å². The van der Waals surface area contributed by atoms with Gasteiger partial charge in [0, 0.05) is 25.2 Å². The summed E-state index contributed by atoms with van der Waals surface area (Å²) >= 11 is 0. The number of hydrogen-bond donors (Lipinski definition) is 1. The van der Waals surface area contributed by atoms with E-state index in [1.54, 1.807) is 0 Å². The van der Waals surface area contributed by atoms with Gasteiger partial charge in [0.1, 0.15) is 0 Å². The Bertz CT molecular complexity index is 332. The van der Waals surface area contributed by atoms with Gasteiger partial charge in [-0.25, -0.2) is 0 Å². The number of nitrogens with zero attached hydrogens (tertiary/aromatic N) is 2. The van der Waals surface area contributed by atoms with Crippen molar-refractivity contribution in [1.29, 1.82) is 0 Å². The highest BCUT2D eigenvalue weighted by molar-refractivity contribution is 4.91. The van der Waals surface area contributed by atoms with Crippen molar-refractivity contribution in [1.82, 2.24) is 15.1 Å². The molecule has 0 aromatic rings. The Balaban J connectivity index is 1.61. The second kappa shape index (κ2) is 6.97. The van der Waals surface area contributed by atoms with Crippen molar-refractivity contribution in [3.63, 3.8) is 0 Å². The zero-order valence-corrected chi connectivity index (χ0v) is 14.4. The Morgan fingerprint density at radius 1 is 1.05 bits per heavy atom. The number of nitrogens with one attached hydrogen (secondary N) is 1. The van der Waals surface area contributed by atoms with Gasteiger partial charge in [0.2, 0.25) is 0 Å². The SMILES string of the molecule is CNC1CC(C)CC(C)C1CN1CCCN2CCCC2C1. The summed E-state index contributed by atoms with van der Waals surface area (Å²) in [6.07, 6.45) is 7.03. The Labute approximate surface area is 131 Å². The summed E-state index contributed by atoms with van der Waals surface area (Å²) in [4.78, 5) is 5.55. The molecular formula is C18H35N3. The predicted molar refractivity (Wildman–Crippen MR) is 89.6 cm³/mol. The molecule has 3 heteroatoms. The molecule has 0 bridgehead atoms. The molecule has 0 amide bonds. The average Bonchev–Trinajstić information content (AvgIpc) is 2.80. The minimum Gasteiger partial charge on any atom is -0.317 e. The lowest BCUT2D eigenvalue weighted by atomic mass is 9.72. The molecule has 0 radical (unpaired) electrons. The van der Waals surface area contributed by atoms with Crippen LogP contribution in [0.2, 0.25) is 0 Å². The summed E-state index contributed by atoms with van der Waals surface area (Å²) in [7, 11) is 2.17. The van der Waals surface area contributed by atoms with Gasteiger partial charge < -0.3 is 10.2 Å². The average molecular weight is 293 g/mol. The second-order valence-electron chi connectivity index (χ2n) is 8.06. The lowest BCUT2D eigenvalue weighted by molar-refractivity contribution is 0.100. The molecule has 2 heterocycles. The zero-order chi connectivity index (χ0) is 14.8. The van der Waals surface area contributed by atoms with Crippen LogP contribution in [0.3, 0.4) is 0 Å². The van der Waals surface area contributed by atoms with E-state index in [-0.39, 0.29) is 0 Å². The molecule has 5 unspecified atom stereocenters. The Morgan fingerprint density at radius 2 is 1.86 bits per heavy atom. The van der Waals surface area contributed by atoms with Gasteiger partial charge in [-0.3, -0.25) is 4.90 Å². The zero-order valence-electron chi connectivity index (χ0n) is 14.4. The van der Waals surface area contributed by atoms with Crippen LogP contribution < -0.4 is 5.32 Å². The molecule has 3 rings (SSSR count). The van der Waals surface area contributed by atoms with Gasteiger partial charge in [0.25, 0.3) is 0 Å². The third kappa shape index (κ3) is 3.62. The minimum absolute atomic E-state index is 0.728. The molecule has 1 aliphatic carbocycles. The molecule has 122 valence electrons. The standard InChI is InChI=1S/C18H35N3/c1-14-10-15(2)17(18(11-14)19-3)13-20-7-5-9-21-8-4-6-16(21)12-20/h14-19H,4-13H2,1-3H3. The molecule has 1 N–H and O–H groups in total. The molecule has 3 fully saturated rings. The number of fused-ring (bicyclic) bond motifs is 1. The summed E-state index contributed by atoms with van der Waals surface area (Å²) in [6, 6.07) is 1.59. The molecule has 3 nitrogen and oxygen atoms in total. The first kappa shape index (κ1) is 15.8. The Hall–Kier alpha value is -0.120. The number of hydrogen-bond acceptors (Lipinski definition) is 3. The lowest BCUT2D eigenvalue weighted by Crippen LogP contribution is -2.49. The van der Waals surface area contributed by atoms with Crippen LogP contribution in [-0.2, 0) is 0 Å². The highest BCUT2D eigenvalue weighted by Crippen LogP contribution is 2.34. The van der Waals surface area contributed by atoms with Crippen LogP contribution in [0.1, 0.15) is 46.0 Å². The number of rotatable bonds is 3. The monoisotopic (exact) mass is 293 g/mol. The van der Waals surface area contributed by atoms with Crippen LogP contribution >= 0.6 is 0 Å². The van der Waals surface area contributed by atoms with Gasteiger partial charge in [-0.05, 0) is 76.5 Å². The first-order valence-corrected chi connectivity index (χ1v) is 9.31. The maximum absolute atomic E-state index is 3.63.